The minimum atomic E-state index is 0.670. The van der Waals surface area contributed by atoms with Crippen molar-refractivity contribution in [1.82, 2.24) is 4.57 Å². The fourth-order valence-corrected chi connectivity index (χ4v) is 3.28. The summed E-state index contributed by atoms with van der Waals surface area (Å²) in [4.78, 5) is 0. The molecule has 0 atom stereocenters. The molecule has 0 aliphatic carbocycles. The SMILES string of the molecule is Cc1c(Br)c2ccccc2n1Cc1c(N)cccc1Cl. The Bertz CT molecular complexity index is 772. The Morgan fingerprint density at radius 1 is 1.15 bits per heavy atom. The fourth-order valence-electron chi connectivity index (χ4n) is 2.49. The topological polar surface area (TPSA) is 30.9 Å². The monoisotopic (exact) mass is 348 g/mol. The van der Waals surface area contributed by atoms with E-state index in [0.717, 1.165) is 15.7 Å². The second kappa shape index (κ2) is 5.15. The van der Waals surface area contributed by atoms with Crippen LogP contribution in [0.15, 0.2) is 46.9 Å². The van der Waals surface area contributed by atoms with Gasteiger partial charge in [0, 0.05) is 37.3 Å². The summed E-state index contributed by atoms with van der Waals surface area (Å²) in [6, 6.07) is 13.9. The molecule has 0 spiro atoms. The molecule has 0 radical (unpaired) electrons. The number of hydrogen-bond acceptors (Lipinski definition) is 1. The predicted molar refractivity (Wildman–Crippen MR) is 89.3 cm³/mol. The summed E-state index contributed by atoms with van der Waals surface area (Å²) in [6.45, 7) is 2.76. The molecular weight excluding hydrogens is 336 g/mol. The second-order valence-corrected chi connectivity index (χ2v) is 6.01. The maximum absolute atomic E-state index is 6.28. The van der Waals surface area contributed by atoms with Crippen LogP contribution in [0.1, 0.15) is 11.3 Å². The summed E-state index contributed by atoms with van der Waals surface area (Å²) in [7, 11) is 0. The standard InChI is InChI=1S/C16H14BrClN2/c1-10-16(17)11-5-2-3-8-15(11)20(10)9-12-13(18)6-4-7-14(12)19/h2-8H,9,19H2,1H3. The third-order valence-electron chi connectivity index (χ3n) is 3.63. The van der Waals surface area contributed by atoms with Crippen LogP contribution in [0.4, 0.5) is 5.69 Å². The number of nitrogens with two attached hydrogens (primary N) is 1. The minimum Gasteiger partial charge on any atom is -0.398 e. The lowest BCUT2D eigenvalue weighted by molar-refractivity contribution is 0.804. The molecule has 0 aliphatic rings. The highest BCUT2D eigenvalue weighted by molar-refractivity contribution is 9.10. The van der Waals surface area contributed by atoms with E-state index in [1.54, 1.807) is 0 Å². The largest absolute Gasteiger partial charge is 0.398 e. The normalized spacial score (nSPS) is 11.2. The number of benzene rings is 2. The molecule has 3 aromatic rings. The Hall–Kier alpha value is -1.45. The van der Waals surface area contributed by atoms with Gasteiger partial charge in [0.05, 0.1) is 6.54 Å². The zero-order chi connectivity index (χ0) is 14.3. The Morgan fingerprint density at radius 3 is 2.65 bits per heavy atom. The van der Waals surface area contributed by atoms with Crippen LogP contribution in [0.2, 0.25) is 5.02 Å². The van der Waals surface area contributed by atoms with Crippen LogP contribution in [-0.4, -0.2) is 4.57 Å². The van der Waals surface area contributed by atoms with Gasteiger partial charge in [-0.1, -0.05) is 35.9 Å². The van der Waals surface area contributed by atoms with Crippen molar-refractivity contribution in [2.45, 2.75) is 13.5 Å². The molecule has 0 saturated heterocycles. The number of halogens is 2. The molecule has 1 heterocycles. The Labute approximate surface area is 131 Å². The van der Waals surface area contributed by atoms with Gasteiger partial charge in [0.25, 0.3) is 0 Å². The summed E-state index contributed by atoms with van der Waals surface area (Å²) in [5.41, 5.74) is 10.1. The summed E-state index contributed by atoms with van der Waals surface area (Å²) in [6.07, 6.45) is 0. The Morgan fingerprint density at radius 2 is 1.90 bits per heavy atom. The first-order chi connectivity index (χ1) is 9.59. The van der Waals surface area contributed by atoms with Gasteiger partial charge in [-0.15, -0.1) is 0 Å². The van der Waals surface area contributed by atoms with Crippen molar-refractivity contribution in [2.75, 3.05) is 5.73 Å². The van der Waals surface area contributed by atoms with E-state index in [2.05, 4.69) is 39.6 Å². The lowest BCUT2D eigenvalue weighted by Gasteiger charge is -2.12. The Balaban J connectivity index is 2.19. The first-order valence-corrected chi connectivity index (χ1v) is 7.53. The molecule has 102 valence electrons. The van der Waals surface area contributed by atoms with Gasteiger partial charge in [-0.2, -0.15) is 0 Å². The average molecular weight is 350 g/mol. The molecule has 0 bridgehead atoms. The molecule has 2 aromatic carbocycles. The Kier molecular flexibility index (Phi) is 3.48. The predicted octanol–water partition coefficient (Wildman–Crippen LogP) is 5.00. The van der Waals surface area contributed by atoms with Gasteiger partial charge in [0.1, 0.15) is 0 Å². The summed E-state index contributed by atoms with van der Waals surface area (Å²) in [5.74, 6) is 0. The first-order valence-electron chi connectivity index (χ1n) is 6.36. The lowest BCUT2D eigenvalue weighted by atomic mass is 10.1. The fraction of sp³-hybridized carbons (Fsp3) is 0.125. The van der Waals surface area contributed by atoms with E-state index in [4.69, 9.17) is 17.3 Å². The van der Waals surface area contributed by atoms with E-state index in [0.29, 0.717) is 11.6 Å². The molecule has 4 heteroatoms. The van der Waals surface area contributed by atoms with Gasteiger partial charge in [-0.3, -0.25) is 0 Å². The van der Waals surface area contributed by atoms with E-state index < -0.39 is 0 Å². The van der Waals surface area contributed by atoms with Crippen LogP contribution in [-0.2, 0) is 6.54 Å². The third kappa shape index (κ3) is 2.11. The maximum Gasteiger partial charge on any atom is 0.0514 e. The number of fused-ring (bicyclic) bond motifs is 1. The van der Waals surface area contributed by atoms with E-state index in [1.807, 2.05) is 30.3 Å². The van der Waals surface area contributed by atoms with Crippen LogP contribution in [0.3, 0.4) is 0 Å². The van der Waals surface area contributed by atoms with Gasteiger partial charge >= 0.3 is 0 Å². The smallest absolute Gasteiger partial charge is 0.0514 e. The van der Waals surface area contributed by atoms with Crippen molar-refractivity contribution in [3.05, 3.63) is 63.2 Å². The van der Waals surface area contributed by atoms with Crippen molar-refractivity contribution >= 4 is 44.1 Å². The highest BCUT2D eigenvalue weighted by atomic mass is 79.9. The molecule has 0 amide bonds. The van der Waals surface area contributed by atoms with Crippen LogP contribution < -0.4 is 5.73 Å². The molecular formula is C16H14BrClN2. The molecule has 20 heavy (non-hydrogen) atoms. The summed E-state index contributed by atoms with van der Waals surface area (Å²) < 4.78 is 3.36. The lowest BCUT2D eigenvalue weighted by Crippen LogP contribution is -2.05. The molecule has 2 N–H and O–H groups in total. The zero-order valence-corrected chi connectivity index (χ0v) is 13.4. The van der Waals surface area contributed by atoms with E-state index in [1.165, 1.54) is 16.6 Å². The van der Waals surface area contributed by atoms with Gasteiger partial charge < -0.3 is 10.3 Å². The van der Waals surface area contributed by atoms with E-state index >= 15 is 0 Å². The first kappa shape index (κ1) is 13.5. The minimum absolute atomic E-state index is 0.670. The number of nitrogens with zero attached hydrogens (tertiary/aromatic N) is 1. The highest BCUT2D eigenvalue weighted by Crippen LogP contribution is 2.32. The molecule has 0 unspecified atom stereocenters. The number of nitrogen functional groups attached to an aromatic ring is 1. The number of para-hydroxylation sites is 1. The average Bonchev–Trinajstić information content (AvgIpc) is 2.68. The van der Waals surface area contributed by atoms with E-state index in [9.17, 15) is 0 Å². The molecule has 3 rings (SSSR count). The van der Waals surface area contributed by atoms with Crippen LogP contribution in [0.25, 0.3) is 10.9 Å². The number of anilines is 1. The highest BCUT2D eigenvalue weighted by Gasteiger charge is 2.14. The number of aromatic nitrogens is 1. The van der Waals surface area contributed by atoms with Crippen molar-refractivity contribution in [3.63, 3.8) is 0 Å². The number of rotatable bonds is 2. The van der Waals surface area contributed by atoms with Crippen molar-refractivity contribution in [2.24, 2.45) is 0 Å². The number of hydrogen-bond donors (Lipinski definition) is 1. The second-order valence-electron chi connectivity index (χ2n) is 4.81. The molecule has 0 saturated carbocycles. The van der Waals surface area contributed by atoms with Crippen LogP contribution >= 0.6 is 27.5 Å². The molecule has 2 nitrogen and oxygen atoms in total. The third-order valence-corrected chi connectivity index (χ3v) is 4.98. The van der Waals surface area contributed by atoms with Crippen LogP contribution in [0, 0.1) is 6.92 Å². The quantitative estimate of drug-likeness (QED) is 0.649. The van der Waals surface area contributed by atoms with Gasteiger partial charge in [0.2, 0.25) is 0 Å². The van der Waals surface area contributed by atoms with Gasteiger partial charge in [0.15, 0.2) is 0 Å². The van der Waals surface area contributed by atoms with Gasteiger partial charge in [-0.25, -0.2) is 0 Å². The molecule has 1 aromatic heterocycles. The van der Waals surface area contributed by atoms with E-state index in [-0.39, 0.29) is 0 Å². The molecule has 0 aliphatic heterocycles. The van der Waals surface area contributed by atoms with Gasteiger partial charge in [-0.05, 0) is 41.1 Å². The van der Waals surface area contributed by atoms with Crippen LogP contribution in [0.5, 0.6) is 0 Å². The summed E-state index contributed by atoms with van der Waals surface area (Å²) >= 11 is 9.95. The van der Waals surface area contributed by atoms with Crippen molar-refractivity contribution in [1.29, 1.82) is 0 Å². The maximum atomic E-state index is 6.28. The summed E-state index contributed by atoms with van der Waals surface area (Å²) in [5, 5.41) is 1.91. The van der Waals surface area contributed by atoms with Crippen molar-refractivity contribution < 1.29 is 0 Å². The molecule has 0 fully saturated rings. The van der Waals surface area contributed by atoms with Crippen molar-refractivity contribution in [3.8, 4) is 0 Å². The zero-order valence-electron chi connectivity index (χ0n) is 11.0.